The molecule has 2 rings (SSSR count). The summed E-state index contributed by atoms with van der Waals surface area (Å²) in [7, 11) is 0. The molecule has 0 fully saturated rings. The molecule has 0 spiro atoms. The van der Waals surface area contributed by atoms with Gasteiger partial charge in [-0.3, -0.25) is 0 Å². The molecular formula is C14H14Cl2N4. The van der Waals surface area contributed by atoms with Crippen LogP contribution in [0.25, 0.3) is 0 Å². The van der Waals surface area contributed by atoms with E-state index < -0.39 is 0 Å². The average Bonchev–Trinajstić information content (AvgIpc) is 2.40. The lowest BCUT2D eigenvalue weighted by molar-refractivity contribution is 1.09. The van der Waals surface area contributed by atoms with Crippen molar-refractivity contribution in [2.75, 3.05) is 17.2 Å². The van der Waals surface area contributed by atoms with Crippen LogP contribution in [0.4, 0.5) is 17.5 Å². The molecule has 2 aromatic rings. The van der Waals surface area contributed by atoms with Gasteiger partial charge in [0.2, 0.25) is 5.95 Å². The molecule has 2 N–H and O–H groups in total. The minimum Gasteiger partial charge on any atom is -0.366 e. The van der Waals surface area contributed by atoms with E-state index in [-0.39, 0.29) is 0 Å². The molecule has 0 radical (unpaired) electrons. The van der Waals surface area contributed by atoms with E-state index in [2.05, 4.69) is 27.2 Å². The molecule has 104 valence electrons. The molecular weight excluding hydrogens is 295 g/mol. The van der Waals surface area contributed by atoms with Gasteiger partial charge in [-0.05, 0) is 19.1 Å². The Morgan fingerprint density at radius 3 is 2.60 bits per heavy atom. The molecule has 20 heavy (non-hydrogen) atoms. The summed E-state index contributed by atoms with van der Waals surface area (Å²) in [5, 5.41) is 7.20. The zero-order valence-electron chi connectivity index (χ0n) is 11.0. The van der Waals surface area contributed by atoms with Crippen LogP contribution in [0, 0.1) is 6.92 Å². The Kier molecular flexibility index (Phi) is 4.82. The maximum atomic E-state index is 6.11. The Bertz CT molecular complexity index is 608. The lowest BCUT2D eigenvalue weighted by atomic mass is 10.3. The van der Waals surface area contributed by atoms with Gasteiger partial charge in [0.1, 0.15) is 5.82 Å². The summed E-state index contributed by atoms with van der Waals surface area (Å²) in [5.74, 6) is 1.15. The maximum Gasteiger partial charge on any atom is 0.229 e. The van der Waals surface area contributed by atoms with Crippen LogP contribution < -0.4 is 10.6 Å². The van der Waals surface area contributed by atoms with Crippen LogP contribution in [-0.4, -0.2) is 16.5 Å². The number of benzene rings is 1. The normalized spacial score (nSPS) is 10.2. The van der Waals surface area contributed by atoms with Crippen LogP contribution in [0.5, 0.6) is 0 Å². The Hall–Kier alpha value is -1.78. The molecule has 1 aromatic carbocycles. The number of para-hydroxylation sites is 1. The first-order valence-electron chi connectivity index (χ1n) is 6.01. The standard InChI is InChI=1S/C14H14Cl2N4/c1-3-7-17-12-8-9(2)18-14(19-12)20-13-10(15)5-4-6-11(13)16/h3-6,8H,1,7H2,2H3,(H2,17,18,19,20). The van der Waals surface area contributed by atoms with E-state index in [0.29, 0.717) is 34.0 Å². The van der Waals surface area contributed by atoms with Crippen LogP contribution in [0.1, 0.15) is 5.69 Å². The van der Waals surface area contributed by atoms with Gasteiger partial charge in [-0.15, -0.1) is 6.58 Å². The van der Waals surface area contributed by atoms with Gasteiger partial charge in [0.15, 0.2) is 0 Å². The van der Waals surface area contributed by atoms with Crippen molar-refractivity contribution in [3.8, 4) is 0 Å². The second kappa shape index (κ2) is 6.59. The molecule has 4 nitrogen and oxygen atoms in total. The van der Waals surface area contributed by atoms with Crippen molar-refractivity contribution >= 4 is 40.7 Å². The van der Waals surface area contributed by atoms with Crippen LogP contribution >= 0.6 is 23.2 Å². The smallest absolute Gasteiger partial charge is 0.229 e. The molecule has 0 aliphatic heterocycles. The summed E-state index contributed by atoms with van der Waals surface area (Å²) in [6.07, 6.45) is 1.76. The number of nitrogens with one attached hydrogen (secondary N) is 2. The summed E-state index contributed by atoms with van der Waals surface area (Å²) in [6.45, 7) is 6.17. The second-order valence-electron chi connectivity index (χ2n) is 4.11. The number of nitrogens with zero attached hydrogens (tertiary/aromatic N) is 2. The minimum atomic E-state index is 0.437. The number of hydrogen-bond donors (Lipinski definition) is 2. The molecule has 0 saturated carbocycles. The third-order valence-corrected chi connectivity index (χ3v) is 3.11. The van der Waals surface area contributed by atoms with Gasteiger partial charge in [-0.2, -0.15) is 4.98 Å². The highest BCUT2D eigenvalue weighted by atomic mass is 35.5. The molecule has 0 amide bonds. The molecule has 0 saturated heterocycles. The van der Waals surface area contributed by atoms with Crippen LogP contribution in [-0.2, 0) is 0 Å². The van der Waals surface area contributed by atoms with E-state index in [9.17, 15) is 0 Å². The highest BCUT2D eigenvalue weighted by Crippen LogP contribution is 2.31. The first kappa shape index (κ1) is 14.6. The van der Waals surface area contributed by atoms with Gasteiger partial charge in [-0.25, -0.2) is 4.98 Å². The Labute approximate surface area is 127 Å². The fraction of sp³-hybridized carbons (Fsp3) is 0.143. The van der Waals surface area contributed by atoms with Crippen LogP contribution in [0.2, 0.25) is 10.0 Å². The third-order valence-electron chi connectivity index (χ3n) is 2.48. The summed E-state index contributed by atoms with van der Waals surface area (Å²) in [5.41, 5.74) is 1.42. The van der Waals surface area contributed by atoms with Crippen molar-refractivity contribution in [2.45, 2.75) is 6.92 Å². The zero-order chi connectivity index (χ0) is 14.5. The van der Waals surface area contributed by atoms with Gasteiger partial charge in [-0.1, -0.05) is 35.3 Å². The molecule has 1 heterocycles. The predicted molar refractivity (Wildman–Crippen MR) is 85.2 cm³/mol. The molecule has 0 aliphatic carbocycles. The lowest BCUT2D eigenvalue weighted by Gasteiger charge is -2.11. The minimum absolute atomic E-state index is 0.437. The van der Waals surface area contributed by atoms with Crippen LogP contribution in [0.15, 0.2) is 36.9 Å². The van der Waals surface area contributed by atoms with Crippen molar-refractivity contribution in [3.05, 3.63) is 52.7 Å². The zero-order valence-corrected chi connectivity index (χ0v) is 12.5. The SMILES string of the molecule is C=CCNc1cc(C)nc(Nc2c(Cl)cccc2Cl)n1. The van der Waals surface area contributed by atoms with Crippen molar-refractivity contribution < 1.29 is 0 Å². The van der Waals surface area contributed by atoms with Crippen molar-refractivity contribution in [2.24, 2.45) is 0 Å². The molecule has 0 atom stereocenters. The van der Waals surface area contributed by atoms with Crippen molar-refractivity contribution in [1.29, 1.82) is 0 Å². The molecule has 0 bridgehead atoms. The Balaban J connectivity index is 2.29. The molecule has 0 aliphatic rings. The highest BCUT2D eigenvalue weighted by Gasteiger charge is 2.08. The van der Waals surface area contributed by atoms with Crippen LogP contribution in [0.3, 0.4) is 0 Å². The van der Waals surface area contributed by atoms with E-state index in [1.165, 1.54) is 0 Å². The highest BCUT2D eigenvalue weighted by molar-refractivity contribution is 6.39. The third kappa shape index (κ3) is 3.62. The quantitative estimate of drug-likeness (QED) is 0.802. The number of halogens is 2. The summed E-state index contributed by atoms with van der Waals surface area (Å²) < 4.78 is 0. The number of rotatable bonds is 5. The maximum absolute atomic E-state index is 6.11. The van der Waals surface area contributed by atoms with Gasteiger partial charge in [0.05, 0.1) is 15.7 Å². The van der Waals surface area contributed by atoms with E-state index in [1.807, 2.05) is 13.0 Å². The second-order valence-corrected chi connectivity index (χ2v) is 4.92. The molecule has 1 aromatic heterocycles. The summed E-state index contributed by atoms with van der Waals surface area (Å²) in [6, 6.07) is 7.14. The van der Waals surface area contributed by atoms with Gasteiger partial charge in [0.25, 0.3) is 0 Å². The summed E-state index contributed by atoms with van der Waals surface area (Å²) in [4.78, 5) is 8.66. The summed E-state index contributed by atoms with van der Waals surface area (Å²) >= 11 is 12.2. The van der Waals surface area contributed by atoms with Gasteiger partial charge < -0.3 is 10.6 Å². The van der Waals surface area contributed by atoms with Gasteiger partial charge >= 0.3 is 0 Å². The van der Waals surface area contributed by atoms with Crippen molar-refractivity contribution in [3.63, 3.8) is 0 Å². The van der Waals surface area contributed by atoms with Crippen molar-refractivity contribution in [1.82, 2.24) is 9.97 Å². The lowest BCUT2D eigenvalue weighted by Crippen LogP contribution is -2.05. The number of aromatic nitrogens is 2. The fourth-order valence-electron chi connectivity index (χ4n) is 1.62. The van der Waals surface area contributed by atoms with E-state index in [4.69, 9.17) is 23.2 Å². The molecule has 6 heteroatoms. The number of aryl methyl sites for hydroxylation is 1. The largest absolute Gasteiger partial charge is 0.366 e. The van der Waals surface area contributed by atoms with E-state index >= 15 is 0 Å². The Morgan fingerprint density at radius 1 is 1.25 bits per heavy atom. The average molecular weight is 309 g/mol. The van der Waals surface area contributed by atoms with E-state index in [0.717, 1.165) is 5.69 Å². The monoisotopic (exact) mass is 308 g/mol. The predicted octanol–water partition coefficient (Wildman–Crippen LogP) is 4.43. The number of anilines is 3. The Morgan fingerprint density at radius 2 is 1.95 bits per heavy atom. The van der Waals surface area contributed by atoms with Gasteiger partial charge in [0, 0.05) is 18.3 Å². The first-order chi connectivity index (χ1) is 9.60. The fourth-order valence-corrected chi connectivity index (χ4v) is 2.11. The first-order valence-corrected chi connectivity index (χ1v) is 6.77. The van der Waals surface area contributed by atoms with E-state index in [1.54, 1.807) is 24.3 Å². The number of hydrogen-bond acceptors (Lipinski definition) is 4. The topological polar surface area (TPSA) is 49.8 Å². The molecule has 0 unspecified atom stereocenters.